The fourth-order valence-electron chi connectivity index (χ4n) is 3.06. The predicted molar refractivity (Wildman–Crippen MR) is 91.2 cm³/mol. The van der Waals surface area contributed by atoms with E-state index < -0.39 is 0 Å². The van der Waals surface area contributed by atoms with Gasteiger partial charge >= 0.3 is 0 Å². The zero-order valence-electron chi connectivity index (χ0n) is 12.9. The number of hydrogen-bond acceptors (Lipinski definition) is 6. The molecule has 2 aromatic heterocycles. The molecule has 1 saturated heterocycles. The Morgan fingerprint density at radius 3 is 3.13 bits per heavy atom. The number of likely N-dealkylation sites (tertiary alicyclic amines) is 1. The van der Waals surface area contributed by atoms with Crippen molar-refractivity contribution in [3.8, 4) is 0 Å². The van der Waals surface area contributed by atoms with Gasteiger partial charge in [0.2, 0.25) is 0 Å². The van der Waals surface area contributed by atoms with Gasteiger partial charge in [0, 0.05) is 37.5 Å². The van der Waals surface area contributed by atoms with Crippen molar-refractivity contribution >= 4 is 28.6 Å². The molecule has 0 amide bonds. The summed E-state index contributed by atoms with van der Waals surface area (Å²) in [6.45, 7) is 2.10. The molecule has 6 nitrogen and oxygen atoms in total. The molecule has 126 valence electrons. The van der Waals surface area contributed by atoms with E-state index in [9.17, 15) is 9.50 Å². The lowest BCUT2D eigenvalue weighted by molar-refractivity contribution is 0.150. The lowest BCUT2D eigenvalue weighted by Crippen LogP contribution is -2.24. The number of thioether (sulfide) groups is 1. The maximum absolute atomic E-state index is 12.2. The van der Waals surface area contributed by atoms with E-state index in [1.807, 2.05) is 6.20 Å². The summed E-state index contributed by atoms with van der Waals surface area (Å²) in [4.78, 5) is 13.7. The molecule has 1 aliphatic rings. The number of aromatic amines is 1. The summed E-state index contributed by atoms with van der Waals surface area (Å²) < 4.78 is 12.2. The maximum Gasteiger partial charge on any atom is 0.151 e. The summed E-state index contributed by atoms with van der Waals surface area (Å²) >= 11 is 1.58. The van der Waals surface area contributed by atoms with Crippen LogP contribution in [0.25, 0.3) is 11.0 Å². The Balaban J connectivity index is 1.55. The smallest absolute Gasteiger partial charge is 0.151 e. The van der Waals surface area contributed by atoms with Crippen LogP contribution >= 0.6 is 11.8 Å². The summed E-state index contributed by atoms with van der Waals surface area (Å²) in [5.41, 5.74) is 8.59. The van der Waals surface area contributed by atoms with Crippen molar-refractivity contribution in [2.75, 3.05) is 43.5 Å². The highest BCUT2D eigenvalue weighted by atomic mass is 32.2. The van der Waals surface area contributed by atoms with Gasteiger partial charge in [0.1, 0.15) is 11.8 Å². The lowest BCUT2D eigenvalue weighted by Gasteiger charge is -2.15. The van der Waals surface area contributed by atoms with Gasteiger partial charge in [-0.15, -0.1) is 0 Å². The molecule has 8 heteroatoms. The number of rotatable bonds is 7. The van der Waals surface area contributed by atoms with E-state index in [2.05, 4.69) is 19.9 Å². The molecule has 0 aliphatic carbocycles. The van der Waals surface area contributed by atoms with E-state index in [0.717, 1.165) is 41.9 Å². The Hall–Kier alpha value is -1.38. The normalized spacial score (nSPS) is 22.2. The number of nitrogens with two attached hydrogens (primary N) is 1. The number of alkyl halides is 1. The number of β-amino-alcohol motifs (C(OH)–C–C–N with tert-alkyl or cyclic N) is 1. The minimum Gasteiger partial charge on any atom is -0.391 e. The first kappa shape index (κ1) is 16.5. The molecule has 0 saturated carbocycles. The van der Waals surface area contributed by atoms with Crippen molar-refractivity contribution in [3.63, 3.8) is 0 Å². The van der Waals surface area contributed by atoms with Crippen LogP contribution in [0.1, 0.15) is 5.56 Å². The van der Waals surface area contributed by atoms with Gasteiger partial charge in [-0.1, -0.05) is 0 Å². The van der Waals surface area contributed by atoms with E-state index >= 15 is 0 Å². The fourth-order valence-corrected chi connectivity index (χ4v) is 3.96. The monoisotopic (exact) mass is 339 g/mol. The SMILES string of the molecule is Nc1ncnc2c(CCN3C[C@H](CSCCF)[C@@H](O)C3)c[nH]c12. The number of nitrogen functional groups attached to an aromatic ring is 1. The van der Waals surface area contributed by atoms with Crippen molar-refractivity contribution in [1.82, 2.24) is 19.9 Å². The average molecular weight is 339 g/mol. The van der Waals surface area contributed by atoms with Crippen molar-refractivity contribution in [2.24, 2.45) is 5.92 Å². The van der Waals surface area contributed by atoms with Crippen LogP contribution in [0.2, 0.25) is 0 Å². The van der Waals surface area contributed by atoms with E-state index in [1.54, 1.807) is 11.8 Å². The first-order valence-corrected chi connectivity index (χ1v) is 8.95. The van der Waals surface area contributed by atoms with Gasteiger partial charge in [-0.3, -0.25) is 4.39 Å². The van der Waals surface area contributed by atoms with Crippen LogP contribution < -0.4 is 5.73 Å². The Kier molecular flexibility index (Phi) is 5.34. The molecule has 23 heavy (non-hydrogen) atoms. The molecule has 2 atom stereocenters. The Labute approximate surface area is 138 Å². The van der Waals surface area contributed by atoms with Gasteiger partial charge in [0.25, 0.3) is 0 Å². The number of nitrogens with one attached hydrogen (secondary N) is 1. The second kappa shape index (κ2) is 7.46. The van der Waals surface area contributed by atoms with Gasteiger partial charge in [-0.25, -0.2) is 9.97 Å². The van der Waals surface area contributed by atoms with Gasteiger partial charge in [-0.05, 0) is 17.7 Å². The number of aliphatic hydroxyl groups excluding tert-OH is 1. The first-order chi connectivity index (χ1) is 11.2. The second-order valence-electron chi connectivity index (χ2n) is 5.90. The maximum atomic E-state index is 12.2. The van der Waals surface area contributed by atoms with Gasteiger partial charge < -0.3 is 20.7 Å². The topological polar surface area (TPSA) is 91.1 Å². The number of nitrogens with zero attached hydrogens (tertiary/aromatic N) is 3. The number of fused-ring (bicyclic) bond motifs is 1. The highest BCUT2D eigenvalue weighted by Gasteiger charge is 2.30. The number of aromatic nitrogens is 3. The largest absolute Gasteiger partial charge is 0.391 e. The van der Waals surface area contributed by atoms with E-state index in [-0.39, 0.29) is 18.7 Å². The van der Waals surface area contributed by atoms with Crippen LogP contribution in [-0.2, 0) is 6.42 Å². The summed E-state index contributed by atoms with van der Waals surface area (Å²) in [6, 6.07) is 0. The molecule has 0 radical (unpaired) electrons. The van der Waals surface area contributed by atoms with Crippen LogP contribution in [0.4, 0.5) is 10.2 Å². The fraction of sp³-hybridized carbons (Fsp3) is 0.600. The molecule has 4 N–H and O–H groups in total. The summed E-state index contributed by atoms with van der Waals surface area (Å²) in [5.74, 6) is 2.02. The number of aliphatic hydroxyl groups is 1. The van der Waals surface area contributed by atoms with E-state index in [1.165, 1.54) is 6.33 Å². The van der Waals surface area contributed by atoms with Crippen molar-refractivity contribution < 1.29 is 9.50 Å². The second-order valence-corrected chi connectivity index (χ2v) is 7.05. The molecule has 0 unspecified atom stereocenters. The number of halogens is 1. The highest BCUT2D eigenvalue weighted by Crippen LogP contribution is 2.23. The molecule has 2 aromatic rings. The molecular formula is C15H22FN5OS. The number of H-pyrrole nitrogens is 1. The van der Waals surface area contributed by atoms with Gasteiger partial charge in [-0.2, -0.15) is 11.8 Å². The molecule has 3 rings (SSSR count). The molecule has 0 spiro atoms. The standard InChI is InChI=1S/C15H22FN5OS/c16-2-4-23-8-11-6-21(7-12(11)22)3-1-10-5-18-14-13(10)19-9-20-15(14)17/h5,9,11-12,18,22H,1-4,6-8H2,(H2,17,19,20)/t11-,12+/m1/s1. The summed E-state index contributed by atoms with van der Waals surface area (Å²) in [6.07, 6.45) is 3.93. The average Bonchev–Trinajstić information content (AvgIpc) is 3.10. The van der Waals surface area contributed by atoms with Crippen LogP contribution in [0.3, 0.4) is 0 Å². The highest BCUT2D eigenvalue weighted by molar-refractivity contribution is 7.99. The van der Waals surface area contributed by atoms with E-state index in [0.29, 0.717) is 18.1 Å². The van der Waals surface area contributed by atoms with Crippen LogP contribution in [-0.4, -0.2) is 68.9 Å². The van der Waals surface area contributed by atoms with Gasteiger partial charge in [0.15, 0.2) is 5.82 Å². The first-order valence-electron chi connectivity index (χ1n) is 7.79. The minimum atomic E-state index is -0.317. The van der Waals surface area contributed by atoms with E-state index in [4.69, 9.17) is 5.73 Å². The van der Waals surface area contributed by atoms with Crippen LogP contribution in [0.15, 0.2) is 12.5 Å². The van der Waals surface area contributed by atoms with Crippen molar-refractivity contribution in [3.05, 3.63) is 18.1 Å². The zero-order valence-corrected chi connectivity index (χ0v) is 13.7. The lowest BCUT2D eigenvalue weighted by atomic mass is 10.1. The Morgan fingerprint density at radius 1 is 1.43 bits per heavy atom. The molecule has 1 aliphatic heterocycles. The molecule has 3 heterocycles. The predicted octanol–water partition coefficient (Wildman–Crippen LogP) is 1.08. The third kappa shape index (κ3) is 3.76. The third-order valence-corrected chi connectivity index (χ3v) is 5.41. The number of hydrogen-bond donors (Lipinski definition) is 3. The van der Waals surface area contributed by atoms with Crippen molar-refractivity contribution in [1.29, 1.82) is 0 Å². The Morgan fingerprint density at radius 2 is 2.30 bits per heavy atom. The van der Waals surface area contributed by atoms with Gasteiger partial charge in [0.05, 0.1) is 18.3 Å². The quantitative estimate of drug-likeness (QED) is 0.654. The third-order valence-electron chi connectivity index (χ3n) is 4.30. The molecule has 0 aromatic carbocycles. The Bertz CT molecular complexity index is 652. The molecular weight excluding hydrogens is 317 g/mol. The van der Waals surface area contributed by atoms with Crippen LogP contribution in [0.5, 0.6) is 0 Å². The zero-order chi connectivity index (χ0) is 16.2. The summed E-state index contributed by atoms with van der Waals surface area (Å²) in [7, 11) is 0. The summed E-state index contributed by atoms with van der Waals surface area (Å²) in [5, 5.41) is 10.1. The van der Waals surface area contributed by atoms with Crippen molar-refractivity contribution in [2.45, 2.75) is 12.5 Å². The minimum absolute atomic E-state index is 0.229. The molecule has 1 fully saturated rings. The number of anilines is 1. The molecule has 0 bridgehead atoms. The van der Waals surface area contributed by atoms with Crippen LogP contribution in [0, 0.1) is 5.92 Å².